The molecule has 2 nitrogen and oxygen atoms in total. The lowest BCUT2D eigenvalue weighted by Gasteiger charge is -2.18. The Morgan fingerprint density at radius 1 is 1.27 bits per heavy atom. The van der Waals surface area contributed by atoms with Crippen molar-refractivity contribution in [2.75, 3.05) is 37.7 Å². The molecule has 1 atom stereocenters. The Bertz CT molecular complexity index is 139. The predicted molar refractivity (Wildman–Crippen MR) is 70.8 cm³/mol. The Morgan fingerprint density at radius 3 is 2.67 bits per heavy atom. The molecule has 1 heterocycles. The van der Waals surface area contributed by atoms with Crippen LogP contribution in [0.4, 0.5) is 0 Å². The van der Waals surface area contributed by atoms with Crippen LogP contribution in [0.3, 0.4) is 0 Å². The quantitative estimate of drug-likeness (QED) is 0.644. The maximum Gasteiger partial charge on any atom is 0.0166 e. The van der Waals surface area contributed by atoms with Gasteiger partial charge in [0.1, 0.15) is 0 Å². The maximum absolute atomic E-state index is 3.65. The lowest BCUT2D eigenvalue weighted by molar-refractivity contribution is 0.295. The lowest BCUT2D eigenvalue weighted by atomic mass is 10.2. The fourth-order valence-electron chi connectivity index (χ4n) is 2.00. The van der Waals surface area contributed by atoms with Gasteiger partial charge < -0.3 is 10.2 Å². The van der Waals surface area contributed by atoms with Crippen molar-refractivity contribution in [2.45, 2.75) is 39.2 Å². The van der Waals surface area contributed by atoms with E-state index in [1.807, 2.05) is 0 Å². The number of thioether (sulfide) groups is 1. The summed E-state index contributed by atoms with van der Waals surface area (Å²) in [6.45, 7) is 9.38. The number of unbranched alkanes of at least 4 members (excludes halogenated alkanes) is 1. The average molecular weight is 230 g/mol. The zero-order valence-electron chi connectivity index (χ0n) is 10.3. The molecule has 0 saturated carbocycles. The molecule has 15 heavy (non-hydrogen) atoms. The third-order valence-electron chi connectivity index (χ3n) is 3.16. The molecule has 0 spiro atoms. The summed E-state index contributed by atoms with van der Waals surface area (Å²) in [6.07, 6.45) is 4.05. The number of nitrogens with one attached hydrogen (secondary N) is 1. The van der Waals surface area contributed by atoms with E-state index in [9.17, 15) is 0 Å². The highest BCUT2D eigenvalue weighted by atomic mass is 32.2. The molecule has 3 heteroatoms. The van der Waals surface area contributed by atoms with E-state index in [0.717, 1.165) is 6.04 Å². The summed E-state index contributed by atoms with van der Waals surface area (Å²) < 4.78 is 0. The van der Waals surface area contributed by atoms with Gasteiger partial charge in [-0.2, -0.15) is 11.8 Å². The van der Waals surface area contributed by atoms with Gasteiger partial charge in [0.2, 0.25) is 0 Å². The number of rotatable bonds is 8. The van der Waals surface area contributed by atoms with Gasteiger partial charge in [-0.15, -0.1) is 0 Å². The van der Waals surface area contributed by atoms with Gasteiger partial charge in [-0.1, -0.05) is 13.8 Å². The van der Waals surface area contributed by atoms with Crippen molar-refractivity contribution in [1.29, 1.82) is 0 Å². The van der Waals surface area contributed by atoms with Crippen molar-refractivity contribution >= 4 is 11.8 Å². The first-order chi connectivity index (χ1) is 7.36. The zero-order chi connectivity index (χ0) is 10.9. The van der Waals surface area contributed by atoms with Crippen molar-refractivity contribution < 1.29 is 0 Å². The van der Waals surface area contributed by atoms with Crippen LogP contribution in [-0.4, -0.2) is 48.6 Å². The topological polar surface area (TPSA) is 15.3 Å². The Balaban J connectivity index is 1.87. The molecule has 0 aromatic heterocycles. The van der Waals surface area contributed by atoms with Gasteiger partial charge in [0, 0.05) is 11.8 Å². The highest BCUT2D eigenvalue weighted by molar-refractivity contribution is 7.99. The summed E-state index contributed by atoms with van der Waals surface area (Å²) >= 11 is 2.09. The summed E-state index contributed by atoms with van der Waals surface area (Å²) in [5.74, 6) is 2.69. The summed E-state index contributed by atoms with van der Waals surface area (Å²) in [5.41, 5.74) is 0. The molecular weight excluding hydrogens is 204 g/mol. The molecule has 1 unspecified atom stereocenters. The minimum Gasteiger partial charge on any atom is -0.313 e. The van der Waals surface area contributed by atoms with Gasteiger partial charge in [-0.25, -0.2) is 0 Å². The zero-order valence-corrected chi connectivity index (χ0v) is 11.1. The van der Waals surface area contributed by atoms with E-state index in [0.29, 0.717) is 0 Å². The fraction of sp³-hybridized carbons (Fsp3) is 1.00. The van der Waals surface area contributed by atoms with Gasteiger partial charge in [0.25, 0.3) is 0 Å². The van der Waals surface area contributed by atoms with Gasteiger partial charge >= 0.3 is 0 Å². The van der Waals surface area contributed by atoms with Crippen LogP contribution in [0.5, 0.6) is 0 Å². The monoisotopic (exact) mass is 230 g/mol. The third-order valence-corrected chi connectivity index (χ3v) is 4.32. The molecule has 1 N–H and O–H groups in total. The number of hydrogen-bond donors (Lipinski definition) is 1. The smallest absolute Gasteiger partial charge is 0.0166 e. The van der Waals surface area contributed by atoms with Crippen LogP contribution in [0.2, 0.25) is 0 Å². The molecule has 90 valence electrons. The fourth-order valence-corrected chi connectivity index (χ4v) is 3.19. The second-order valence-electron chi connectivity index (χ2n) is 4.25. The molecule has 0 bridgehead atoms. The van der Waals surface area contributed by atoms with Crippen molar-refractivity contribution in [1.82, 2.24) is 10.2 Å². The van der Waals surface area contributed by atoms with Crippen molar-refractivity contribution in [3.63, 3.8) is 0 Å². The van der Waals surface area contributed by atoms with Crippen LogP contribution in [0.15, 0.2) is 0 Å². The SMILES string of the molecule is CCN(CC)CCCCNC1CCSC1. The predicted octanol–water partition coefficient (Wildman–Crippen LogP) is 2.20. The molecule has 0 radical (unpaired) electrons. The molecule has 1 aliphatic heterocycles. The molecule has 0 aromatic carbocycles. The molecule has 1 rings (SSSR count). The van der Waals surface area contributed by atoms with Crippen LogP contribution in [0, 0.1) is 0 Å². The first kappa shape index (κ1) is 13.3. The molecule has 0 amide bonds. The molecular formula is C12H26N2S. The molecule has 0 aliphatic carbocycles. The molecule has 0 aromatic rings. The van der Waals surface area contributed by atoms with Gasteiger partial charge in [0.05, 0.1) is 0 Å². The second-order valence-corrected chi connectivity index (χ2v) is 5.40. The lowest BCUT2D eigenvalue weighted by Crippen LogP contribution is -2.30. The standard InChI is InChI=1S/C12H26N2S/c1-3-14(4-2)9-6-5-8-13-12-7-10-15-11-12/h12-13H,3-11H2,1-2H3. The van der Waals surface area contributed by atoms with E-state index < -0.39 is 0 Å². The van der Waals surface area contributed by atoms with E-state index in [1.165, 1.54) is 56.9 Å². The van der Waals surface area contributed by atoms with E-state index in [2.05, 4.69) is 35.8 Å². The second kappa shape index (κ2) is 8.43. The van der Waals surface area contributed by atoms with Crippen molar-refractivity contribution in [2.24, 2.45) is 0 Å². The third kappa shape index (κ3) is 5.79. The van der Waals surface area contributed by atoms with E-state index >= 15 is 0 Å². The van der Waals surface area contributed by atoms with E-state index in [4.69, 9.17) is 0 Å². The average Bonchev–Trinajstić information content (AvgIpc) is 2.76. The molecule has 1 saturated heterocycles. The summed E-state index contributed by atoms with van der Waals surface area (Å²) in [4.78, 5) is 2.51. The normalized spacial score (nSPS) is 21.4. The van der Waals surface area contributed by atoms with Crippen LogP contribution in [0.25, 0.3) is 0 Å². The summed E-state index contributed by atoms with van der Waals surface area (Å²) in [6, 6.07) is 0.809. The first-order valence-corrected chi connectivity index (χ1v) is 7.55. The number of hydrogen-bond acceptors (Lipinski definition) is 3. The Kier molecular flexibility index (Phi) is 7.49. The Labute approximate surface area is 99.2 Å². The largest absolute Gasteiger partial charge is 0.313 e. The van der Waals surface area contributed by atoms with Gasteiger partial charge in [0.15, 0.2) is 0 Å². The van der Waals surface area contributed by atoms with Crippen molar-refractivity contribution in [3.8, 4) is 0 Å². The van der Waals surface area contributed by atoms with E-state index in [1.54, 1.807) is 0 Å². The minimum absolute atomic E-state index is 0.809. The Morgan fingerprint density at radius 2 is 2.07 bits per heavy atom. The minimum atomic E-state index is 0.809. The number of nitrogens with zero attached hydrogens (tertiary/aromatic N) is 1. The van der Waals surface area contributed by atoms with Gasteiger partial charge in [-0.3, -0.25) is 0 Å². The highest BCUT2D eigenvalue weighted by Gasteiger charge is 2.13. The highest BCUT2D eigenvalue weighted by Crippen LogP contribution is 2.16. The van der Waals surface area contributed by atoms with Crippen LogP contribution in [-0.2, 0) is 0 Å². The van der Waals surface area contributed by atoms with Crippen LogP contribution in [0.1, 0.15) is 33.1 Å². The summed E-state index contributed by atoms with van der Waals surface area (Å²) in [7, 11) is 0. The molecule has 1 fully saturated rings. The van der Waals surface area contributed by atoms with Crippen LogP contribution < -0.4 is 5.32 Å². The molecule has 1 aliphatic rings. The van der Waals surface area contributed by atoms with Gasteiger partial charge in [-0.05, 0) is 51.2 Å². The van der Waals surface area contributed by atoms with E-state index in [-0.39, 0.29) is 0 Å². The summed E-state index contributed by atoms with van der Waals surface area (Å²) in [5, 5.41) is 3.65. The van der Waals surface area contributed by atoms with Crippen LogP contribution >= 0.6 is 11.8 Å². The first-order valence-electron chi connectivity index (χ1n) is 6.40. The maximum atomic E-state index is 3.65. The van der Waals surface area contributed by atoms with Crippen molar-refractivity contribution in [3.05, 3.63) is 0 Å². The Hall–Kier alpha value is 0.270.